The first-order valence-corrected chi connectivity index (χ1v) is 7.19. The summed E-state index contributed by atoms with van der Waals surface area (Å²) in [4.78, 5) is 0. The molecule has 0 amide bonds. The Labute approximate surface area is 126 Å². The standard InChI is InChI=1S/C18H10Cl2/c19-17-13-7-3-4-8-14(13)18(20)16-10-12-6-2-1-5-11(12)9-15(16)17/h1-10H. The van der Waals surface area contributed by atoms with Gasteiger partial charge in [0, 0.05) is 21.5 Å². The third kappa shape index (κ3) is 1.62. The van der Waals surface area contributed by atoms with E-state index in [1.807, 2.05) is 36.4 Å². The highest BCUT2D eigenvalue weighted by Crippen LogP contribution is 2.40. The fourth-order valence-corrected chi connectivity index (χ4v) is 3.40. The molecular weight excluding hydrogens is 287 g/mol. The first kappa shape index (κ1) is 12.0. The normalized spacial score (nSPS) is 11.5. The first-order chi connectivity index (χ1) is 9.75. The van der Waals surface area contributed by atoms with E-state index >= 15 is 0 Å². The fraction of sp³-hybridized carbons (Fsp3) is 0. The van der Waals surface area contributed by atoms with Gasteiger partial charge in [-0.3, -0.25) is 0 Å². The second-order valence-electron chi connectivity index (χ2n) is 4.92. The molecule has 0 nitrogen and oxygen atoms in total. The van der Waals surface area contributed by atoms with Gasteiger partial charge in [-0.1, -0.05) is 71.7 Å². The molecule has 96 valence electrons. The van der Waals surface area contributed by atoms with Crippen LogP contribution >= 0.6 is 23.2 Å². The summed E-state index contributed by atoms with van der Waals surface area (Å²) in [5.74, 6) is 0. The lowest BCUT2D eigenvalue weighted by Crippen LogP contribution is -1.83. The highest BCUT2D eigenvalue weighted by molar-refractivity contribution is 6.47. The molecule has 0 radical (unpaired) electrons. The predicted molar refractivity (Wildman–Crippen MR) is 89.0 cm³/mol. The van der Waals surface area contributed by atoms with Gasteiger partial charge in [0.25, 0.3) is 0 Å². The van der Waals surface area contributed by atoms with Gasteiger partial charge in [-0.15, -0.1) is 0 Å². The first-order valence-electron chi connectivity index (χ1n) is 6.44. The Morgan fingerprint density at radius 1 is 0.500 bits per heavy atom. The van der Waals surface area contributed by atoms with Crippen molar-refractivity contribution in [2.75, 3.05) is 0 Å². The molecular formula is C18H10Cl2. The Hall–Kier alpha value is -1.76. The monoisotopic (exact) mass is 296 g/mol. The zero-order chi connectivity index (χ0) is 13.7. The van der Waals surface area contributed by atoms with Crippen LogP contribution < -0.4 is 0 Å². The van der Waals surface area contributed by atoms with Crippen LogP contribution in [0.5, 0.6) is 0 Å². The minimum atomic E-state index is 0.769. The lowest BCUT2D eigenvalue weighted by molar-refractivity contribution is 1.77. The molecule has 0 N–H and O–H groups in total. The Morgan fingerprint density at radius 3 is 1.35 bits per heavy atom. The van der Waals surface area contributed by atoms with Gasteiger partial charge in [0.1, 0.15) is 0 Å². The van der Waals surface area contributed by atoms with Gasteiger partial charge in [-0.2, -0.15) is 0 Å². The zero-order valence-corrected chi connectivity index (χ0v) is 12.0. The van der Waals surface area contributed by atoms with E-state index < -0.39 is 0 Å². The Kier molecular flexibility index (Phi) is 2.63. The number of halogens is 2. The zero-order valence-electron chi connectivity index (χ0n) is 10.5. The topological polar surface area (TPSA) is 0 Å². The molecule has 0 aliphatic rings. The molecule has 4 aromatic rings. The second kappa shape index (κ2) is 4.37. The SMILES string of the molecule is Clc1c2ccccc2c(Cl)c2cc3ccccc3cc12. The van der Waals surface area contributed by atoms with Gasteiger partial charge < -0.3 is 0 Å². The number of hydrogen-bond donors (Lipinski definition) is 0. The molecule has 0 heterocycles. The minimum absolute atomic E-state index is 0.769. The summed E-state index contributed by atoms with van der Waals surface area (Å²) in [6, 6.07) is 20.5. The van der Waals surface area contributed by atoms with Crippen molar-refractivity contribution in [1.82, 2.24) is 0 Å². The number of benzene rings is 4. The third-order valence-electron chi connectivity index (χ3n) is 3.76. The number of hydrogen-bond acceptors (Lipinski definition) is 0. The van der Waals surface area contributed by atoms with E-state index in [1.54, 1.807) is 0 Å². The van der Waals surface area contributed by atoms with Crippen molar-refractivity contribution in [3.63, 3.8) is 0 Å². The molecule has 0 bridgehead atoms. The van der Waals surface area contributed by atoms with Crippen molar-refractivity contribution < 1.29 is 0 Å². The van der Waals surface area contributed by atoms with Crippen LogP contribution in [0.3, 0.4) is 0 Å². The maximum absolute atomic E-state index is 6.59. The lowest BCUT2D eigenvalue weighted by Gasteiger charge is -2.10. The van der Waals surface area contributed by atoms with Crippen molar-refractivity contribution in [3.8, 4) is 0 Å². The van der Waals surface area contributed by atoms with E-state index in [0.29, 0.717) is 0 Å². The molecule has 0 atom stereocenters. The van der Waals surface area contributed by atoms with Crippen LogP contribution in [0.15, 0.2) is 60.7 Å². The highest BCUT2D eigenvalue weighted by atomic mass is 35.5. The highest BCUT2D eigenvalue weighted by Gasteiger charge is 2.11. The molecule has 0 aliphatic heterocycles. The maximum atomic E-state index is 6.59. The van der Waals surface area contributed by atoms with Crippen molar-refractivity contribution in [3.05, 3.63) is 70.7 Å². The lowest BCUT2D eigenvalue weighted by atomic mass is 9.99. The van der Waals surface area contributed by atoms with Crippen molar-refractivity contribution in [1.29, 1.82) is 0 Å². The van der Waals surface area contributed by atoms with Gasteiger partial charge in [-0.25, -0.2) is 0 Å². The predicted octanol–water partition coefficient (Wildman–Crippen LogP) is 6.45. The van der Waals surface area contributed by atoms with Crippen LogP contribution in [-0.2, 0) is 0 Å². The van der Waals surface area contributed by atoms with Gasteiger partial charge in [0.2, 0.25) is 0 Å². The van der Waals surface area contributed by atoms with E-state index in [2.05, 4.69) is 24.3 Å². The van der Waals surface area contributed by atoms with Crippen LogP contribution in [0.1, 0.15) is 0 Å². The molecule has 0 aliphatic carbocycles. The van der Waals surface area contributed by atoms with Gasteiger partial charge in [-0.05, 0) is 22.9 Å². The summed E-state index contributed by atoms with van der Waals surface area (Å²) in [5.41, 5.74) is 0. The molecule has 2 heteroatoms. The Bertz CT molecular complexity index is 891. The van der Waals surface area contributed by atoms with E-state index in [1.165, 1.54) is 10.8 Å². The van der Waals surface area contributed by atoms with E-state index in [4.69, 9.17) is 23.2 Å². The molecule has 0 fully saturated rings. The van der Waals surface area contributed by atoms with E-state index in [-0.39, 0.29) is 0 Å². The summed E-state index contributed by atoms with van der Waals surface area (Å²) < 4.78 is 0. The van der Waals surface area contributed by atoms with Crippen LogP contribution in [0.2, 0.25) is 10.0 Å². The minimum Gasteiger partial charge on any atom is -0.0830 e. The van der Waals surface area contributed by atoms with E-state index in [0.717, 1.165) is 31.6 Å². The van der Waals surface area contributed by atoms with Gasteiger partial charge in [0.15, 0.2) is 0 Å². The fourth-order valence-electron chi connectivity index (χ4n) is 2.76. The van der Waals surface area contributed by atoms with Crippen molar-refractivity contribution >= 4 is 55.5 Å². The summed E-state index contributed by atoms with van der Waals surface area (Å²) in [5, 5.41) is 7.91. The Morgan fingerprint density at radius 2 is 0.900 bits per heavy atom. The average molecular weight is 297 g/mol. The van der Waals surface area contributed by atoms with Crippen molar-refractivity contribution in [2.45, 2.75) is 0 Å². The number of fused-ring (bicyclic) bond motifs is 3. The van der Waals surface area contributed by atoms with Gasteiger partial charge >= 0.3 is 0 Å². The Balaban J connectivity index is 2.31. The molecule has 4 rings (SSSR count). The van der Waals surface area contributed by atoms with Gasteiger partial charge in [0.05, 0.1) is 10.0 Å². The van der Waals surface area contributed by atoms with Crippen LogP contribution in [0.25, 0.3) is 32.3 Å². The summed E-state index contributed by atoms with van der Waals surface area (Å²) in [6.45, 7) is 0. The summed E-state index contributed by atoms with van der Waals surface area (Å²) in [7, 11) is 0. The molecule has 0 saturated heterocycles. The number of rotatable bonds is 0. The smallest absolute Gasteiger partial charge is 0.0564 e. The largest absolute Gasteiger partial charge is 0.0830 e. The summed E-state index contributed by atoms with van der Waals surface area (Å²) in [6.07, 6.45) is 0. The molecule has 0 saturated carbocycles. The molecule has 0 aromatic heterocycles. The molecule has 0 spiro atoms. The quantitative estimate of drug-likeness (QED) is 0.327. The van der Waals surface area contributed by atoms with Crippen LogP contribution in [0.4, 0.5) is 0 Å². The van der Waals surface area contributed by atoms with Crippen LogP contribution in [0, 0.1) is 0 Å². The summed E-state index contributed by atoms with van der Waals surface area (Å²) >= 11 is 13.2. The average Bonchev–Trinajstić information content (AvgIpc) is 2.51. The molecule has 4 aromatic carbocycles. The molecule has 0 unspecified atom stereocenters. The van der Waals surface area contributed by atoms with E-state index in [9.17, 15) is 0 Å². The second-order valence-corrected chi connectivity index (χ2v) is 5.67. The third-order valence-corrected chi connectivity index (χ3v) is 4.57. The molecule has 20 heavy (non-hydrogen) atoms. The van der Waals surface area contributed by atoms with Crippen LogP contribution in [-0.4, -0.2) is 0 Å². The maximum Gasteiger partial charge on any atom is 0.0564 e. The van der Waals surface area contributed by atoms with Crippen molar-refractivity contribution in [2.24, 2.45) is 0 Å².